The average molecular weight is 354 g/mol. The topological polar surface area (TPSA) is 83.7 Å². The second-order valence-corrected chi connectivity index (χ2v) is 9.05. The van der Waals surface area contributed by atoms with E-state index in [-0.39, 0.29) is 5.91 Å². The highest BCUT2D eigenvalue weighted by molar-refractivity contribution is 8.00. The lowest BCUT2D eigenvalue weighted by Crippen LogP contribution is -2.48. The Hall–Kier alpha value is -0.380. The number of nitrogens with zero attached hydrogens (tertiary/aromatic N) is 2. The van der Waals surface area contributed by atoms with Gasteiger partial charge >= 0.3 is 0 Å². The smallest absolute Gasteiger partial charge is 0.223 e. The number of thiocarbonyl (C=S) groups is 1. The zero-order valence-electron chi connectivity index (χ0n) is 12.4. The van der Waals surface area contributed by atoms with Gasteiger partial charge in [-0.25, -0.2) is 8.42 Å². The van der Waals surface area contributed by atoms with E-state index in [0.29, 0.717) is 43.2 Å². The standard InChI is InChI=1S/C12H23N3O3S3/c1-14(5-3-10(13)19)11(16)4-6-15-7-8-20-9-12(15)21(2,17)18/h12H,3-9H2,1-2H3,(H2,13,19). The summed E-state index contributed by atoms with van der Waals surface area (Å²) in [6.07, 6.45) is 2.07. The average Bonchev–Trinajstić information content (AvgIpc) is 2.41. The third-order valence-corrected chi connectivity index (χ3v) is 6.31. The summed E-state index contributed by atoms with van der Waals surface area (Å²) in [7, 11) is -1.41. The third-order valence-electron chi connectivity index (χ3n) is 3.42. The van der Waals surface area contributed by atoms with Crippen LogP contribution < -0.4 is 5.73 Å². The van der Waals surface area contributed by atoms with Gasteiger partial charge in [0.15, 0.2) is 9.84 Å². The van der Waals surface area contributed by atoms with Crippen LogP contribution >= 0.6 is 24.0 Å². The zero-order chi connectivity index (χ0) is 16.0. The number of rotatable bonds is 7. The van der Waals surface area contributed by atoms with E-state index in [1.807, 2.05) is 4.90 Å². The van der Waals surface area contributed by atoms with E-state index in [1.165, 1.54) is 6.26 Å². The lowest BCUT2D eigenvalue weighted by Gasteiger charge is -2.34. The minimum absolute atomic E-state index is 0.0169. The number of amides is 1. The van der Waals surface area contributed by atoms with Gasteiger partial charge in [0.2, 0.25) is 5.91 Å². The Bertz CT molecular complexity index is 481. The second kappa shape index (κ2) is 8.30. The summed E-state index contributed by atoms with van der Waals surface area (Å²) in [5, 5.41) is -0.481. The molecule has 1 unspecified atom stereocenters. The van der Waals surface area contributed by atoms with Crippen LogP contribution in [0.25, 0.3) is 0 Å². The normalized spacial score (nSPS) is 20.2. The zero-order valence-corrected chi connectivity index (χ0v) is 14.9. The molecule has 0 aromatic carbocycles. The highest BCUT2D eigenvalue weighted by Gasteiger charge is 2.31. The van der Waals surface area contributed by atoms with E-state index in [4.69, 9.17) is 18.0 Å². The van der Waals surface area contributed by atoms with Gasteiger partial charge < -0.3 is 10.6 Å². The Kier molecular flexibility index (Phi) is 7.38. The predicted molar refractivity (Wildman–Crippen MR) is 91.2 cm³/mol. The summed E-state index contributed by atoms with van der Waals surface area (Å²) in [6.45, 7) is 1.67. The van der Waals surface area contributed by atoms with Gasteiger partial charge in [0.1, 0.15) is 5.37 Å². The number of carbonyl (C=O) groups is 1. The fourth-order valence-electron chi connectivity index (χ4n) is 2.10. The highest BCUT2D eigenvalue weighted by atomic mass is 32.2. The van der Waals surface area contributed by atoms with Crippen LogP contribution in [0.4, 0.5) is 0 Å². The van der Waals surface area contributed by atoms with Crippen molar-refractivity contribution in [3.63, 3.8) is 0 Å². The molecule has 0 bridgehead atoms. The van der Waals surface area contributed by atoms with Crippen molar-refractivity contribution in [2.75, 3.05) is 44.4 Å². The molecule has 1 amide bonds. The highest BCUT2D eigenvalue weighted by Crippen LogP contribution is 2.20. The first-order valence-electron chi connectivity index (χ1n) is 6.74. The van der Waals surface area contributed by atoms with Crippen molar-refractivity contribution in [2.24, 2.45) is 5.73 Å². The van der Waals surface area contributed by atoms with Crippen LogP contribution in [-0.2, 0) is 14.6 Å². The van der Waals surface area contributed by atoms with Gasteiger partial charge in [-0.1, -0.05) is 12.2 Å². The van der Waals surface area contributed by atoms with Crippen LogP contribution in [0.5, 0.6) is 0 Å². The summed E-state index contributed by atoms with van der Waals surface area (Å²) < 4.78 is 23.5. The molecule has 1 aliphatic rings. The fourth-order valence-corrected chi connectivity index (χ4v) is 5.16. The van der Waals surface area contributed by atoms with Gasteiger partial charge in [-0.15, -0.1) is 0 Å². The van der Waals surface area contributed by atoms with Gasteiger partial charge in [0.25, 0.3) is 0 Å². The first-order valence-corrected chi connectivity index (χ1v) is 10.3. The van der Waals surface area contributed by atoms with Gasteiger partial charge in [-0.3, -0.25) is 9.69 Å². The molecule has 0 saturated carbocycles. The van der Waals surface area contributed by atoms with Crippen LogP contribution in [0.15, 0.2) is 0 Å². The largest absolute Gasteiger partial charge is 0.393 e. The lowest BCUT2D eigenvalue weighted by molar-refractivity contribution is -0.130. The first-order chi connectivity index (χ1) is 9.71. The maximum atomic E-state index is 12.0. The maximum Gasteiger partial charge on any atom is 0.223 e. The van der Waals surface area contributed by atoms with Crippen molar-refractivity contribution in [2.45, 2.75) is 18.2 Å². The molecular weight excluding hydrogens is 330 g/mol. The molecule has 1 fully saturated rings. The molecule has 1 heterocycles. The first kappa shape index (κ1) is 18.7. The Morgan fingerprint density at radius 3 is 2.71 bits per heavy atom. The van der Waals surface area contributed by atoms with E-state index < -0.39 is 15.2 Å². The van der Waals surface area contributed by atoms with Crippen molar-refractivity contribution >= 4 is 44.7 Å². The molecule has 1 aliphatic heterocycles. The molecule has 1 saturated heterocycles. The molecule has 0 spiro atoms. The van der Waals surface area contributed by atoms with Gasteiger partial charge in [0.05, 0.1) is 4.99 Å². The van der Waals surface area contributed by atoms with E-state index in [2.05, 4.69) is 0 Å². The van der Waals surface area contributed by atoms with Crippen molar-refractivity contribution in [3.8, 4) is 0 Å². The van der Waals surface area contributed by atoms with Crippen molar-refractivity contribution in [1.29, 1.82) is 0 Å². The number of carbonyl (C=O) groups excluding carboxylic acids is 1. The Labute approximate surface area is 136 Å². The minimum atomic E-state index is -3.12. The molecule has 0 aliphatic carbocycles. The van der Waals surface area contributed by atoms with E-state index in [0.717, 1.165) is 5.75 Å². The molecule has 0 aromatic heterocycles. The van der Waals surface area contributed by atoms with Crippen LogP contribution in [0.2, 0.25) is 0 Å². The predicted octanol–water partition coefficient (Wildman–Crippen LogP) is -0.0694. The Morgan fingerprint density at radius 1 is 1.48 bits per heavy atom. The quantitative estimate of drug-likeness (QED) is 0.642. The van der Waals surface area contributed by atoms with Crippen molar-refractivity contribution in [1.82, 2.24) is 9.80 Å². The molecule has 9 heteroatoms. The van der Waals surface area contributed by atoms with E-state index >= 15 is 0 Å². The SMILES string of the molecule is CN(CCC(N)=S)C(=O)CCN1CCSCC1S(C)(=O)=O. The van der Waals surface area contributed by atoms with Crippen molar-refractivity contribution < 1.29 is 13.2 Å². The number of hydrogen-bond donors (Lipinski definition) is 1. The second-order valence-electron chi connectivity index (χ2n) is 5.18. The van der Waals surface area contributed by atoms with E-state index in [9.17, 15) is 13.2 Å². The number of nitrogens with two attached hydrogens (primary N) is 1. The van der Waals surface area contributed by atoms with Gasteiger partial charge in [0, 0.05) is 57.3 Å². The molecule has 21 heavy (non-hydrogen) atoms. The molecule has 2 N–H and O–H groups in total. The summed E-state index contributed by atoms with van der Waals surface area (Å²) in [5.41, 5.74) is 5.41. The molecule has 1 rings (SSSR count). The van der Waals surface area contributed by atoms with Gasteiger partial charge in [-0.2, -0.15) is 11.8 Å². The molecule has 0 aromatic rings. The maximum absolute atomic E-state index is 12.0. The number of thioether (sulfide) groups is 1. The number of hydrogen-bond acceptors (Lipinski definition) is 6. The molecule has 0 radical (unpaired) electrons. The van der Waals surface area contributed by atoms with Crippen LogP contribution in [0.1, 0.15) is 12.8 Å². The summed E-state index contributed by atoms with van der Waals surface area (Å²) in [6, 6.07) is 0. The van der Waals surface area contributed by atoms with Gasteiger partial charge in [-0.05, 0) is 0 Å². The van der Waals surface area contributed by atoms with Crippen LogP contribution in [0.3, 0.4) is 0 Å². The van der Waals surface area contributed by atoms with Crippen molar-refractivity contribution in [3.05, 3.63) is 0 Å². The summed E-state index contributed by atoms with van der Waals surface area (Å²) >= 11 is 6.43. The molecule has 6 nitrogen and oxygen atoms in total. The van der Waals surface area contributed by atoms with Crippen LogP contribution in [0, 0.1) is 0 Å². The fraction of sp³-hybridized carbons (Fsp3) is 0.833. The molecule has 1 atom stereocenters. The minimum Gasteiger partial charge on any atom is -0.393 e. The molecular formula is C12H23N3O3S3. The Morgan fingerprint density at radius 2 is 2.14 bits per heavy atom. The Balaban J connectivity index is 2.48. The lowest BCUT2D eigenvalue weighted by atomic mass is 10.3. The summed E-state index contributed by atoms with van der Waals surface area (Å²) in [5.74, 6) is 1.46. The third kappa shape index (κ3) is 6.50. The molecule has 122 valence electrons. The summed E-state index contributed by atoms with van der Waals surface area (Å²) in [4.78, 5) is 15.9. The van der Waals surface area contributed by atoms with Crippen LogP contribution in [-0.4, -0.2) is 78.9 Å². The monoisotopic (exact) mass is 353 g/mol. The van der Waals surface area contributed by atoms with E-state index in [1.54, 1.807) is 23.7 Å². The number of sulfone groups is 1.